The van der Waals surface area contributed by atoms with Crippen LogP contribution in [-0.4, -0.2) is 15.2 Å². The fourth-order valence-corrected chi connectivity index (χ4v) is 0.964. The Bertz CT molecular complexity index is 384. The molecular weight excluding hydrogens is 138 g/mol. The highest BCUT2D eigenvalue weighted by molar-refractivity contribution is 5.72. The lowest BCUT2D eigenvalue weighted by Crippen LogP contribution is -1.88. The van der Waals surface area contributed by atoms with Crippen molar-refractivity contribution in [3.8, 4) is 0 Å². The van der Waals surface area contributed by atoms with E-state index in [0.717, 1.165) is 16.7 Å². The molecule has 0 saturated heterocycles. The van der Waals surface area contributed by atoms with Gasteiger partial charge in [-0.1, -0.05) is 0 Å². The molecule has 0 aliphatic rings. The van der Waals surface area contributed by atoms with Crippen LogP contribution in [0.5, 0.6) is 0 Å². The molecule has 0 amide bonds. The number of fused-ring (bicyclic) bond motifs is 1. The predicted octanol–water partition coefficient (Wildman–Crippen LogP) is 1.33. The molecule has 54 valence electrons. The predicted molar refractivity (Wildman–Crippen MR) is 42.1 cm³/mol. The first kappa shape index (κ1) is 6.22. The molecule has 0 atom stereocenters. The zero-order valence-electron chi connectivity index (χ0n) is 6.15. The zero-order chi connectivity index (χ0) is 7.68. The van der Waals surface area contributed by atoms with E-state index in [-0.39, 0.29) is 0 Å². The van der Waals surface area contributed by atoms with E-state index >= 15 is 0 Å². The number of hydrogen-bond donors (Lipinski definition) is 0. The third kappa shape index (κ3) is 1.05. The summed E-state index contributed by atoms with van der Waals surface area (Å²) in [6, 6.07) is 5.67. The second-order valence-corrected chi connectivity index (χ2v) is 2.39. The highest BCUT2D eigenvalue weighted by Gasteiger charge is 1.93. The van der Waals surface area contributed by atoms with Gasteiger partial charge in [-0.2, -0.15) is 5.10 Å². The number of nitrogens with zero attached hydrogens (tertiary/aromatic N) is 3. The van der Waals surface area contributed by atoms with E-state index in [9.17, 15) is 0 Å². The summed E-state index contributed by atoms with van der Waals surface area (Å²) < 4.78 is 0. The Balaban J connectivity index is 2.83. The molecule has 3 heteroatoms. The van der Waals surface area contributed by atoms with Crippen LogP contribution in [0.15, 0.2) is 24.4 Å². The van der Waals surface area contributed by atoms with Gasteiger partial charge in [0.25, 0.3) is 0 Å². The summed E-state index contributed by atoms with van der Waals surface area (Å²) in [7, 11) is 0. The maximum absolute atomic E-state index is 4.14. The van der Waals surface area contributed by atoms with Crippen molar-refractivity contribution in [1.82, 2.24) is 15.2 Å². The first-order valence-corrected chi connectivity index (χ1v) is 3.41. The lowest BCUT2D eigenvalue weighted by Gasteiger charge is -1.93. The lowest BCUT2D eigenvalue weighted by molar-refractivity contribution is 1.01. The molecule has 3 nitrogen and oxygen atoms in total. The van der Waals surface area contributed by atoms with E-state index in [0.29, 0.717) is 0 Å². The summed E-state index contributed by atoms with van der Waals surface area (Å²) in [4.78, 5) is 4.14. The summed E-state index contributed by atoms with van der Waals surface area (Å²) in [5.74, 6) is 0. The fourth-order valence-electron chi connectivity index (χ4n) is 0.964. The Hall–Kier alpha value is -1.51. The van der Waals surface area contributed by atoms with E-state index in [1.807, 2.05) is 25.1 Å². The van der Waals surface area contributed by atoms with Crippen molar-refractivity contribution < 1.29 is 0 Å². The zero-order valence-corrected chi connectivity index (χ0v) is 6.15. The van der Waals surface area contributed by atoms with Crippen LogP contribution in [0.25, 0.3) is 11.0 Å². The summed E-state index contributed by atoms with van der Waals surface area (Å²) in [6.07, 6.45) is 1.75. The summed E-state index contributed by atoms with van der Waals surface area (Å²) in [6.45, 7) is 1.90. The van der Waals surface area contributed by atoms with Crippen molar-refractivity contribution in [2.45, 2.75) is 6.92 Å². The second kappa shape index (κ2) is 2.27. The van der Waals surface area contributed by atoms with Crippen molar-refractivity contribution in [3.05, 3.63) is 30.1 Å². The van der Waals surface area contributed by atoms with Gasteiger partial charge in [0, 0.05) is 6.20 Å². The topological polar surface area (TPSA) is 38.7 Å². The molecule has 0 saturated carbocycles. The second-order valence-electron chi connectivity index (χ2n) is 2.39. The SMILES string of the molecule is Cc1cc2ncccc2nn1. The van der Waals surface area contributed by atoms with Crippen molar-refractivity contribution >= 4 is 11.0 Å². The molecule has 0 N–H and O–H groups in total. The number of aryl methyl sites for hydroxylation is 1. The summed E-state index contributed by atoms with van der Waals surface area (Å²) in [5, 5.41) is 7.89. The Morgan fingerprint density at radius 3 is 3.00 bits per heavy atom. The first-order chi connectivity index (χ1) is 5.36. The fraction of sp³-hybridized carbons (Fsp3) is 0.125. The van der Waals surface area contributed by atoms with Gasteiger partial charge in [-0.05, 0) is 25.1 Å². The van der Waals surface area contributed by atoms with Crippen LogP contribution in [0.3, 0.4) is 0 Å². The highest BCUT2D eigenvalue weighted by atomic mass is 15.1. The molecule has 0 fully saturated rings. The molecule has 0 aromatic carbocycles. The van der Waals surface area contributed by atoms with Gasteiger partial charge in [-0.25, -0.2) is 0 Å². The minimum atomic E-state index is 0.845. The van der Waals surface area contributed by atoms with Crippen LogP contribution in [0.2, 0.25) is 0 Å². The average Bonchev–Trinajstić information content (AvgIpc) is 2.04. The first-order valence-electron chi connectivity index (χ1n) is 3.41. The molecule has 2 rings (SSSR count). The quantitative estimate of drug-likeness (QED) is 0.561. The highest BCUT2D eigenvalue weighted by Crippen LogP contribution is 2.05. The van der Waals surface area contributed by atoms with Crippen molar-refractivity contribution in [2.75, 3.05) is 0 Å². The lowest BCUT2D eigenvalue weighted by atomic mass is 10.3. The van der Waals surface area contributed by atoms with Gasteiger partial charge >= 0.3 is 0 Å². The monoisotopic (exact) mass is 145 g/mol. The van der Waals surface area contributed by atoms with Gasteiger partial charge in [0.2, 0.25) is 0 Å². The molecule has 0 unspecified atom stereocenters. The molecule has 0 aliphatic heterocycles. The molecule has 0 aliphatic carbocycles. The van der Waals surface area contributed by atoms with Crippen LogP contribution in [0, 0.1) is 6.92 Å². The maximum atomic E-state index is 4.14. The molecular formula is C8H7N3. The molecule has 0 bridgehead atoms. The minimum Gasteiger partial charge on any atom is -0.254 e. The summed E-state index contributed by atoms with van der Waals surface area (Å²) >= 11 is 0. The van der Waals surface area contributed by atoms with Crippen molar-refractivity contribution in [1.29, 1.82) is 0 Å². The van der Waals surface area contributed by atoms with Gasteiger partial charge in [-0.3, -0.25) is 4.98 Å². The molecule has 2 aromatic rings. The van der Waals surface area contributed by atoms with Gasteiger partial charge in [0.05, 0.1) is 11.2 Å². The molecule has 2 heterocycles. The van der Waals surface area contributed by atoms with Gasteiger partial charge in [0.1, 0.15) is 5.52 Å². The molecule has 11 heavy (non-hydrogen) atoms. The normalized spacial score (nSPS) is 10.3. The van der Waals surface area contributed by atoms with Gasteiger partial charge in [0.15, 0.2) is 0 Å². The number of rotatable bonds is 0. The molecule has 0 radical (unpaired) electrons. The van der Waals surface area contributed by atoms with E-state index in [4.69, 9.17) is 0 Å². The smallest absolute Gasteiger partial charge is 0.111 e. The Kier molecular flexibility index (Phi) is 1.28. The van der Waals surface area contributed by atoms with Crippen molar-refractivity contribution in [2.24, 2.45) is 0 Å². The minimum absolute atomic E-state index is 0.845. The molecule has 0 spiro atoms. The van der Waals surface area contributed by atoms with Crippen LogP contribution >= 0.6 is 0 Å². The Labute approximate surface area is 64.1 Å². The number of aromatic nitrogens is 3. The largest absolute Gasteiger partial charge is 0.254 e. The third-order valence-corrected chi connectivity index (χ3v) is 1.48. The number of hydrogen-bond acceptors (Lipinski definition) is 3. The van der Waals surface area contributed by atoms with E-state index in [2.05, 4.69) is 15.2 Å². The molecule has 2 aromatic heterocycles. The van der Waals surface area contributed by atoms with Gasteiger partial charge < -0.3 is 0 Å². The van der Waals surface area contributed by atoms with E-state index in [1.165, 1.54) is 0 Å². The van der Waals surface area contributed by atoms with E-state index in [1.54, 1.807) is 6.20 Å². The van der Waals surface area contributed by atoms with E-state index < -0.39 is 0 Å². The maximum Gasteiger partial charge on any atom is 0.111 e. The van der Waals surface area contributed by atoms with Crippen LogP contribution in [0.4, 0.5) is 0 Å². The van der Waals surface area contributed by atoms with Crippen LogP contribution in [-0.2, 0) is 0 Å². The average molecular weight is 145 g/mol. The third-order valence-electron chi connectivity index (χ3n) is 1.48. The summed E-state index contributed by atoms with van der Waals surface area (Å²) in [5.41, 5.74) is 2.65. The van der Waals surface area contributed by atoms with Gasteiger partial charge in [-0.15, -0.1) is 5.10 Å². The Morgan fingerprint density at radius 1 is 1.18 bits per heavy atom. The Morgan fingerprint density at radius 2 is 2.09 bits per heavy atom. The number of pyridine rings is 1. The standard InChI is InChI=1S/C8H7N3/c1-6-5-8-7(11-10-6)3-2-4-9-8/h2-5H,1H3. The van der Waals surface area contributed by atoms with Crippen LogP contribution in [0.1, 0.15) is 5.69 Å². The van der Waals surface area contributed by atoms with Crippen molar-refractivity contribution in [3.63, 3.8) is 0 Å². The van der Waals surface area contributed by atoms with Crippen LogP contribution < -0.4 is 0 Å².